The lowest BCUT2D eigenvalue weighted by Gasteiger charge is -2.48. The van der Waals surface area contributed by atoms with E-state index < -0.39 is 0 Å². The van der Waals surface area contributed by atoms with E-state index in [2.05, 4.69) is 37.5 Å². The summed E-state index contributed by atoms with van der Waals surface area (Å²) in [5.41, 5.74) is 3.88. The second-order valence-corrected chi connectivity index (χ2v) is 10.1. The van der Waals surface area contributed by atoms with Crippen LogP contribution in [0.25, 0.3) is 22.2 Å². The average Bonchev–Trinajstić information content (AvgIpc) is 3.46. The van der Waals surface area contributed by atoms with Crippen molar-refractivity contribution in [3.8, 4) is 17.0 Å². The van der Waals surface area contributed by atoms with Crippen molar-refractivity contribution in [3.05, 3.63) is 64.5 Å². The van der Waals surface area contributed by atoms with Gasteiger partial charge in [-0.15, -0.1) is 24.8 Å². The van der Waals surface area contributed by atoms with Crippen LogP contribution < -0.4 is 15.0 Å². The summed E-state index contributed by atoms with van der Waals surface area (Å²) in [5.74, 6) is 1.72. The highest BCUT2D eigenvalue weighted by atomic mass is 35.5. The van der Waals surface area contributed by atoms with Crippen molar-refractivity contribution in [1.29, 1.82) is 0 Å². The molecule has 36 heavy (non-hydrogen) atoms. The number of anilines is 1. The molecule has 11 heteroatoms. The Kier molecular flexibility index (Phi) is 7.88. The Morgan fingerprint density at radius 2 is 1.83 bits per heavy atom. The molecule has 2 N–H and O–H groups in total. The number of aromatic nitrogens is 4. The first-order valence-electron chi connectivity index (χ1n) is 11.4. The molecule has 0 bridgehead atoms. The first-order valence-corrected chi connectivity index (χ1v) is 12.1. The molecule has 4 aromatic rings. The molecule has 2 aliphatic heterocycles. The maximum Gasteiger partial charge on any atom is 0.128 e. The van der Waals surface area contributed by atoms with E-state index in [1.165, 1.54) is 6.42 Å². The summed E-state index contributed by atoms with van der Waals surface area (Å²) >= 11 is 12.6. The van der Waals surface area contributed by atoms with Gasteiger partial charge in [-0.3, -0.25) is 10.1 Å². The van der Waals surface area contributed by atoms with Crippen LogP contribution in [0.2, 0.25) is 10.0 Å². The van der Waals surface area contributed by atoms with Gasteiger partial charge < -0.3 is 15.0 Å². The van der Waals surface area contributed by atoms with Crippen molar-refractivity contribution in [2.45, 2.75) is 19.4 Å². The zero-order valence-electron chi connectivity index (χ0n) is 19.5. The maximum absolute atomic E-state index is 6.30. The van der Waals surface area contributed by atoms with Gasteiger partial charge in [0.25, 0.3) is 0 Å². The van der Waals surface area contributed by atoms with Crippen molar-refractivity contribution in [2.24, 2.45) is 5.41 Å². The van der Waals surface area contributed by atoms with Crippen LogP contribution >= 0.6 is 48.0 Å². The summed E-state index contributed by atoms with van der Waals surface area (Å²) in [6.45, 7) is 6.30. The molecule has 2 fully saturated rings. The van der Waals surface area contributed by atoms with E-state index in [4.69, 9.17) is 32.9 Å². The molecule has 5 heterocycles. The van der Waals surface area contributed by atoms with Crippen LogP contribution in [-0.4, -0.2) is 46.3 Å². The predicted octanol–water partition coefficient (Wildman–Crippen LogP) is 6.11. The van der Waals surface area contributed by atoms with E-state index in [0.29, 0.717) is 26.8 Å². The number of pyridine rings is 2. The number of aromatic amines is 1. The van der Waals surface area contributed by atoms with E-state index in [-0.39, 0.29) is 30.9 Å². The molecule has 190 valence electrons. The molecule has 3 aromatic heterocycles. The van der Waals surface area contributed by atoms with Crippen LogP contribution in [0.5, 0.6) is 5.75 Å². The molecule has 0 saturated carbocycles. The molecular weight excluding hydrogens is 542 g/mol. The maximum atomic E-state index is 6.30. The van der Waals surface area contributed by atoms with Crippen molar-refractivity contribution in [2.75, 3.05) is 31.1 Å². The zero-order valence-corrected chi connectivity index (χ0v) is 22.6. The van der Waals surface area contributed by atoms with Gasteiger partial charge in [-0.2, -0.15) is 5.10 Å². The minimum Gasteiger partial charge on any atom is -0.486 e. The molecule has 2 saturated heterocycles. The van der Waals surface area contributed by atoms with E-state index in [9.17, 15) is 0 Å². The Morgan fingerprint density at radius 1 is 1.06 bits per heavy atom. The smallest absolute Gasteiger partial charge is 0.128 e. The minimum absolute atomic E-state index is 0. The van der Waals surface area contributed by atoms with Gasteiger partial charge in [0, 0.05) is 60.2 Å². The second-order valence-electron chi connectivity index (χ2n) is 9.24. The standard InChI is InChI=1S/C25H24Cl2N6O.2ClH/c1-15(23-19(26)10-29-11-20(23)27)34-17-3-4-21-18(8-17)24(32-31-21)16-2-5-22(30-9-16)33-13-25(14-33)6-7-28-12-25;;/h2-5,8-11,15,28H,6-7,12-14H2,1H3,(H,31,32);2*1H/t15-;;/m1../s1. The molecule has 0 unspecified atom stereocenters. The molecule has 1 atom stereocenters. The number of benzene rings is 1. The number of rotatable bonds is 5. The topological polar surface area (TPSA) is 79.0 Å². The molecule has 6 rings (SSSR count). The summed E-state index contributed by atoms with van der Waals surface area (Å²) in [7, 11) is 0. The summed E-state index contributed by atoms with van der Waals surface area (Å²) < 4.78 is 6.18. The van der Waals surface area contributed by atoms with Crippen LogP contribution in [-0.2, 0) is 0 Å². The number of H-pyrrole nitrogens is 1. The van der Waals surface area contributed by atoms with Gasteiger partial charge >= 0.3 is 0 Å². The lowest BCUT2D eigenvalue weighted by molar-refractivity contribution is 0.227. The third-order valence-electron chi connectivity index (χ3n) is 6.87. The molecule has 1 aromatic carbocycles. The quantitative estimate of drug-likeness (QED) is 0.303. The Morgan fingerprint density at radius 3 is 2.50 bits per heavy atom. The Hall–Kier alpha value is -2.29. The summed E-state index contributed by atoms with van der Waals surface area (Å²) in [4.78, 5) is 11.1. The molecule has 0 amide bonds. The van der Waals surface area contributed by atoms with Crippen molar-refractivity contribution in [1.82, 2.24) is 25.5 Å². The van der Waals surface area contributed by atoms with Crippen molar-refractivity contribution >= 4 is 64.7 Å². The van der Waals surface area contributed by atoms with Crippen LogP contribution in [0.1, 0.15) is 25.0 Å². The molecule has 0 radical (unpaired) electrons. The van der Waals surface area contributed by atoms with E-state index in [1.807, 2.05) is 31.3 Å². The van der Waals surface area contributed by atoms with Gasteiger partial charge in [0.15, 0.2) is 0 Å². The van der Waals surface area contributed by atoms with Crippen molar-refractivity contribution < 1.29 is 4.74 Å². The van der Waals surface area contributed by atoms with Gasteiger partial charge in [0.1, 0.15) is 23.4 Å². The van der Waals surface area contributed by atoms with Gasteiger partial charge in [0.2, 0.25) is 0 Å². The van der Waals surface area contributed by atoms with Gasteiger partial charge in [-0.05, 0) is 50.2 Å². The molecule has 7 nitrogen and oxygen atoms in total. The van der Waals surface area contributed by atoms with E-state index in [0.717, 1.165) is 54.2 Å². The van der Waals surface area contributed by atoms with Crippen LogP contribution in [0.3, 0.4) is 0 Å². The van der Waals surface area contributed by atoms with Gasteiger partial charge in [-0.25, -0.2) is 4.98 Å². The Balaban J connectivity index is 0.00000152. The summed E-state index contributed by atoms with van der Waals surface area (Å²) in [6, 6.07) is 10.0. The van der Waals surface area contributed by atoms with Crippen LogP contribution in [0.15, 0.2) is 48.9 Å². The third kappa shape index (κ3) is 4.83. The SMILES string of the molecule is C[C@@H](Oc1ccc2[nH]nc(-c3ccc(N4CC5(CCNC5)C4)nc3)c2c1)c1c(Cl)cncc1Cl.Cl.Cl. The Labute approximate surface area is 231 Å². The highest BCUT2D eigenvalue weighted by Crippen LogP contribution is 2.39. The molecule has 1 spiro atoms. The second kappa shape index (κ2) is 10.6. The highest BCUT2D eigenvalue weighted by molar-refractivity contribution is 6.35. The summed E-state index contributed by atoms with van der Waals surface area (Å²) in [6.07, 6.45) is 5.95. The number of fused-ring (bicyclic) bond motifs is 1. The fraction of sp³-hybridized carbons (Fsp3) is 0.320. The van der Waals surface area contributed by atoms with Crippen molar-refractivity contribution in [3.63, 3.8) is 0 Å². The highest BCUT2D eigenvalue weighted by Gasteiger charge is 2.45. The van der Waals surface area contributed by atoms with Gasteiger partial charge in [0.05, 0.1) is 15.6 Å². The first kappa shape index (κ1) is 26.8. The van der Waals surface area contributed by atoms with Crippen LogP contribution in [0.4, 0.5) is 5.82 Å². The Bertz CT molecular complexity index is 1330. The lowest BCUT2D eigenvalue weighted by atomic mass is 9.79. The number of halogens is 4. The number of nitrogens with zero attached hydrogens (tertiary/aromatic N) is 4. The van der Waals surface area contributed by atoms with Gasteiger partial charge in [-0.1, -0.05) is 23.2 Å². The van der Waals surface area contributed by atoms with E-state index in [1.54, 1.807) is 12.4 Å². The molecule has 2 aliphatic rings. The minimum atomic E-state index is -0.341. The van der Waals surface area contributed by atoms with Crippen LogP contribution in [0, 0.1) is 5.41 Å². The largest absolute Gasteiger partial charge is 0.486 e. The number of hydrogen-bond donors (Lipinski definition) is 2. The monoisotopic (exact) mass is 566 g/mol. The number of nitrogens with one attached hydrogen (secondary N) is 2. The fourth-order valence-electron chi connectivity index (χ4n) is 5.06. The predicted molar refractivity (Wildman–Crippen MR) is 149 cm³/mol. The first-order chi connectivity index (χ1) is 16.5. The zero-order chi connectivity index (χ0) is 23.3. The lowest BCUT2D eigenvalue weighted by Crippen LogP contribution is -2.57. The normalized spacial score (nSPS) is 16.8. The fourth-order valence-corrected chi connectivity index (χ4v) is 5.74. The number of hydrogen-bond acceptors (Lipinski definition) is 6. The molecular formula is C25H26Cl4N6O. The van der Waals surface area contributed by atoms with E-state index >= 15 is 0 Å². The molecule has 0 aliphatic carbocycles. The average molecular weight is 568 g/mol. The summed E-state index contributed by atoms with van der Waals surface area (Å²) in [5, 5.41) is 13.1. The third-order valence-corrected chi connectivity index (χ3v) is 7.48. The number of ether oxygens (including phenoxy) is 1.